The molecule has 2 amide bonds. The van der Waals surface area contributed by atoms with Crippen LogP contribution in [0, 0.1) is 5.82 Å². The first-order valence-electron chi connectivity index (χ1n) is 9.50. The highest BCUT2D eigenvalue weighted by molar-refractivity contribution is 6.33. The summed E-state index contributed by atoms with van der Waals surface area (Å²) in [5.74, 6) is -0.191. The molecule has 6 heteroatoms. The molecule has 4 atom stereocenters. The first-order valence-corrected chi connectivity index (χ1v) is 9.88. The number of amides is 2. The van der Waals surface area contributed by atoms with Gasteiger partial charge in [0.05, 0.1) is 22.8 Å². The molecule has 4 rings (SSSR count). The Kier molecular flexibility index (Phi) is 5.32. The van der Waals surface area contributed by atoms with E-state index in [-0.39, 0.29) is 17.9 Å². The normalized spacial score (nSPS) is 26.6. The first kappa shape index (κ1) is 18.3. The van der Waals surface area contributed by atoms with Crippen molar-refractivity contribution in [3.05, 3.63) is 64.9 Å². The molecule has 0 aliphatic carbocycles. The highest BCUT2D eigenvalue weighted by Gasteiger charge is 2.44. The number of halogens is 2. The van der Waals surface area contributed by atoms with Crippen LogP contribution < -0.4 is 15.5 Å². The Morgan fingerprint density at radius 2 is 1.74 bits per heavy atom. The molecule has 2 aromatic carbocycles. The molecule has 0 aromatic heterocycles. The Balaban J connectivity index is 1.33. The Bertz CT molecular complexity index is 799. The minimum atomic E-state index is -0.200. The number of anilines is 1. The van der Waals surface area contributed by atoms with Gasteiger partial charge in [-0.3, -0.25) is 0 Å². The molecule has 2 saturated heterocycles. The van der Waals surface area contributed by atoms with Crippen molar-refractivity contribution in [1.82, 2.24) is 5.32 Å². The van der Waals surface area contributed by atoms with E-state index >= 15 is 0 Å². The summed E-state index contributed by atoms with van der Waals surface area (Å²) in [6.07, 6.45) is 4.32. The van der Waals surface area contributed by atoms with Gasteiger partial charge in [-0.2, -0.15) is 0 Å². The van der Waals surface area contributed by atoms with Gasteiger partial charge >= 0.3 is 6.03 Å². The van der Waals surface area contributed by atoms with E-state index < -0.39 is 0 Å². The quantitative estimate of drug-likeness (QED) is 0.738. The number of piperidine rings is 1. The van der Waals surface area contributed by atoms with Gasteiger partial charge < -0.3 is 15.5 Å². The number of nitrogens with one attached hydrogen (secondary N) is 3. The fraction of sp³-hybridized carbons (Fsp3) is 0.381. The zero-order valence-electron chi connectivity index (χ0n) is 15.1. The number of rotatable bonds is 4. The van der Waals surface area contributed by atoms with Crippen LogP contribution in [0.15, 0.2) is 48.5 Å². The molecule has 142 valence electrons. The topological polar surface area (TPSA) is 45.6 Å². The Morgan fingerprint density at radius 1 is 1.07 bits per heavy atom. The average molecular weight is 389 g/mol. The molecule has 0 saturated carbocycles. The SMILES string of the molecule is O=C(Nc1ccccc1Cl)NC1C[C@H]2CC[C@@H](C1)[NH+]2Cc1ccc(F)cc1. The average Bonchev–Trinajstić information content (AvgIpc) is 2.87. The number of urea groups is 1. The summed E-state index contributed by atoms with van der Waals surface area (Å²) < 4.78 is 13.1. The molecule has 3 N–H and O–H groups in total. The molecule has 2 aliphatic heterocycles. The zero-order valence-corrected chi connectivity index (χ0v) is 15.8. The van der Waals surface area contributed by atoms with Crippen LogP contribution in [0.5, 0.6) is 0 Å². The number of benzene rings is 2. The molecule has 2 aliphatic rings. The molecule has 2 unspecified atom stereocenters. The summed E-state index contributed by atoms with van der Waals surface area (Å²) >= 11 is 6.10. The molecule has 0 radical (unpaired) electrons. The van der Waals surface area contributed by atoms with Gasteiger partial charge in [-0.25, -0.2) is 9.18 Å². The maximum atomic E-state index is 13.1. The van der Waals surface area contributed by atoms with E-state index in [4.69, 9.17) is 11.6 Å². The van der Waals surface area contributed by atoms with Crippen molar-refractivity contribution in [2.45, 2.75) is 50.4 Å². The smallest absolute Gasteiger partial charge is 0.319 e. The van der Waals surface area contributed by atoms with E-state index in [1.54, 1.807) is 17.0 Å². The van der Waals surface area contributed by atoms with Crippen LogP contribution in [-0.2, 0) is 6.54 Å². The van der Waals surface area contributed by atoms with Crippen LogP contribution >= 0.6 is 11.6 Å². The van der Waals surface area contributed by atoms with Crippen molar-refractivity contribution >= 4 is 23.3 Å². The molecular weight excluding hydrogens is 365 g/mol. The Labute approximate surface area is 163 Å². The van der Waals surface area contributed by atoms with E-state index in [0.29, 0.717) is 22.8 Å². The number of para-hydroxylation sites is 1. The summed E-state index contributed by atoms with van der Waals surface area (Å²) in [7, 11) is 0. The zero-order chi connectivity index (χ0) is 18.8. The maximum Gasteiger partial charge on any atom is 0.319 e. The number of hydrogen-bond acceptors (Lipinski definition) is 1. The highest BCUT2D eigenvalue weighted by atomic mass is 35.5. The Morgan fingerprint density at radius 3 is 2.41 bits per heavy atom. The van der Waals surface area contributed by atoms with E-state index in [2.05, 4.69) is 10.6 Å². The van der Waals surface area contributed by atoms with Crippen molar-refractivity contribution in [3.63, 3.8) is 0 Å². The number of carbonyl (C=O) groups is 1. The third-order valence-electron chi connectivity index (χ3n) is 5.83. The van der Waals surface area contributed by atoms with E-state index in [1.807, 2.05) is 24.3 Å². The lowest BCUT2D eigenvalue weighted by Gasteiger charge is -2.36. The second-order valence-electron chi connectivity index (χ2n) is 7.60. The summed E-state index contributed by atoms with van der Waals surface area (Å²) in [5, 5.41) is 6.49. The summed E-state index contributed by atoms with van der Waals surface area (Å²) in [6.45, 7) is 0.925. The van der Waals surface area contributed by atoms with Crippen LogP contribution in [0.25, 0.3) is 0 Å². The lowest BCUT2D eigenvalue weighted by Crippen LogP contribution is -3.17. The molecule has 2 fully saturated rings. The molecule has 2 bridgehead atoms. The van der Waals surface area contributed by atoms with Crippen molar-refractivity contribution < 1.29 is 14.1 Å². The molecule has 27 heavy (non-hydrogen) atoms. The fourth-order valence-electron chi connectivity index (χ4n) is 4.58. The number of hydrogen-bond donors (Lipinski definition) is 3. The largest absolute Gasteiger partial charge is 0.335 e. The number of carbonyl (C=O) groups excluding carboxylic acids is 1. The van der Waals surface area contributed by atoms with Gasteiger partial charge in [-0.05, 0) is 24.3 Å². The van der Waals surface area contributed by atoms with Gasteiger partial charge in [-0.15, -0.1) is 0 Å². The highest BCUT2D eigenvalue weighted by Crippen LogP contribution is 2.24. The van der Waals surface area contributed by atoms with Crippen molar-refractivity contribution in [2.75, 3.05) is 5.32 Å². The third-order valence-corrected chi connectivity index (χ3v) is 6.16. The predicted octanol–water partition coefficient (Wildman–Crippen LogP) is 3.38. The Hall–Kier alpha value is -2.11. The van der Waals surface area contributed by atoms with Crippen LogP contribution in [-0.4, -0.2) is 24.2 Å². The third kappa shape index (κ3) is 4.25. The van der Waals surface area contributed by atoms with Gasteiger partial charge in [0, 0.05) is 37.3 Å². The molecule has 0 spiro atoms. The second-order valence-corrected chi connectivity index (χ2v) is 8.00. The summed E-state index contributed by atoms with van der Waals surface area (Å²) in [4.78, 5) is 13.9. The molecular formula is C21H24ClFN3O+. The van der Waals surface area contributed by atoms with Crippen molar-refractivity contribution in [3.8, 4) is 0 Å². The minimum Gasteiger partial charge on any atom is -0.335 e. The predicted molar refractivity (Wildman–Crippen MR) is 105 cm³/mol. The van der Waals surface area contributed by atoms with Gasteiger partial charge in [0.2, 0.25) is 0 Å². The van der Waals surface area contributed by atoms with Gasteiger partial charge in [0.25, 0.3) is 0 Å². The van der Waals surface area contributed by atoms with E-state index in [0.717, 1.165) is 19.4 Å². The van der Waals surface area contributed by atoms with Gasteiger partial charge in [0.15, 0.2) is 0 Å². The van der Waals surface area contributed by atoms with Crippen LogP contribution in [0.2, 0.25) is 5.02 Å². The van der Waals surface area contributed by atoms with Crippen LogP contribution in [0.4, 0.5) is 14.9 Å². The van der Waals surface area contributed by atoms with Gasteiger partial charge in [0.1, 0.15) is 12.4 Å². The minimum absolute atomic E-state index is 0.182. The standard InChI is InChI=1S/C21H23ClFN3O/c22-19-3-1-2-4-20(19)25-21(27)24-16-11-17-9-10-18(12-16)26(17)13-14-5-7-15(23)8-6-14/h1-8,16-18H,9-13H2,(H2,24,25,27)/p+1/t16?,17-,18+. The van der Waals surface area contributed by atoms with Crippen LogP contribution in [0.3, 0.4) is 0 Å². The summed E-state index contributed by atoms with van der Waals surface area (Å²) in [5.41, 5.74) is 1.80. The van der Waals surface area contributed by atoms with E-state index in [1.165, 1.54) is 30.5 Å². The molecule has 4 nitrogen and oxygen atoms in total. The molecule has 2 heterocycles. The van der Waals surface area contributed by atoms with Crippen molar-refractivity contribution in [2.24, 2.45) is 0 Å². The lowest BCUT2D eigenvalue weighted by molar-refractivity contribution is -0.954. The summed E-state index contributed by atoms with van der Waals surface area (Å²) in [6, 6.07) is 15.1. The van der Waals surface area contributed by atoms with Crippen LogP contribution in [0.1, 0.15) is 31.2 Å². The van der Waals surface area contributed by atoms with Gasteiger partial charge in [-0.1, -0.05) is 35.9 Å². The van der Waals surface area contributed by atoms with E-state index in [9.17, 15) is 9.18 Å². The second kappa shape index (κ2) is 7.87. The first-order chi connectivity index (χ1) is 13.1. The fourth-order valence-corrected chi connectivity index (χ4v) is 4.76. The monoisotopic (exact) mass is 388 g/mol. The molecule has 2 aromatic rings. The number of quaternary nitrogens is 1. The number of fused-ring (bicyclic) bond motifs is 2. The maximum absolute atomic E-state index is 13.1. The van der Waals surface area contributed by atoms with Crippen molar-refractivity contribution in [1.29, 1.82) is 0 Å². The lowest BCUT2D eigenvalue weighted by atomic mass is 9.96.